The molecule has 5 nitrogen and oxygen atoms in total. The second-order valence-electron chi connectivity index (χ2n) is 3.85. The third kappa shape index (κ3) is 3.66. The predicted molar refractivity (Wildman–Crippen MR) is 74.2 cm³/mol. The number of carbonyl (C=O) groups is 1. The lowest BCUT2D eigenvalue weighted by Crippen LogP contribution is -2.24. The first-order chi connectivity index (χ1) is 9.19. The summed E-state index contributed by atoms with van der Waals surface area (Å²) in [7, 11) is 1.74. The van der Waals surface area contributed by atoms with Gasteiger partial charge in [0, 0.05) is 18.6 Å². The van der Waals surface area contributed by atoms with Crippen LogP contribution >= 0.6 is 11.6 Å². The van der Waals surface area contributed by atoms with Crippen molar-refractivity contribution in [3.05, 3.63) is 52.9 Å². The van der Waals surface area contributed by atoms with Crippen molar-refractivity contribution in [2.75, 3.05) is 12.4 Å². The highest BCUT2D eigenvalue weighted by Gasteiger charge is 2.07. The van der Waals surface area contributed by atoms with Crippen molar-refractivity contribution in [3.8, 4) is 0 Å². The number of hydrogen-bond donors (Lipinski definition) is 2. The normalized spacial score (nSPS) is 10.0. The molecule has 0 atom stereocenters. The van der Waals surface area contributed by atoms with Gasteiger partial charge in [-0.25, -0.2) is 9.97 Å². The summed E-state index contributed by atoms with van der Waals surface area (Å²) in [5.41, 5.74) is 1.21. The summed E-state index contributed by atoms with van der Waals surface area (Å²) < 4.78 is 0. The number of amides is 1. The van der Waals surface area contributed by atoms with Crippen LogP contribution in [0.2, 0.25) is 5.02 Å². The standard InChI is InChI=1S/C13H13ClN4O/c1-15-12-8-16-11(7-17-12)13(19)18-6-9-3-2-4-10(14)5-9/h2-5,7-8H,6H2,1H3,(H,15,17)(H,18,19). The Bertz CT molecular complexity index is 571. The molecule has 1 aromatic carbocycles. The van der Waals surface area contributed by atoms with Crippen LogP contribution in [0.3, 0.4) is 0 Å². The fourth-order valence-corrected chi connectivity index (χ4v) is 1.71. The largest absolute Gasteiger partial charge is 0.372 e. The van der Waals surface area contributed by atoms with Crippen molar-refractivity contribution in [1.82, 2.24) is 15.3 Å². The van der Waals surface area contributed by atoms with Crippen LogP contribution in [0, 0.1) is 0 Å². The zero-order chi connectivity index (χ0) is 13.7. The molecule has 0 unspecified atom stereocenters. The van der Waals surface area contributed by atoms with E-state index in [0.717, 1.165) is 5.56 Å². The molecular formula is C13H13ClN4O. The Balaban J connectivity index is 1.97. The summed E-state index contributed by atoms with van der Waals surface area (Å²) in [6.45, 7) is 0.398. The molecule has 19 heavy (non-hydrogen) atoms. The maximum absolute atomic E-state index is 11.8. The van der Waals surface area contributed by atoms with E-state index in [9.17, 15) is 4.79 Å². The summed E-state index contributed by atoms with van der Waals surface area (Å²) in [4.78, 5) is 19.9. The molecule has 0 bridgehead atoms. The molecule has 0 saturated heterocycles. The number of nitrogens with zero attached hydrogens (tertiary/aromatic N) is 2. The molecule has 0 spiro atoms. The van der Waals surface area contributed by atoms with Crippen molar-refractivity contribution >= 4 is 23.3 Å². The third-order valence-electron chi connectivity index (χ3n) is 2.48. The minimum absolute atomic E-state index is 0.268. The number of rotatable bonds is 4. The average molecular weight is 277 g/mol. The smallest absolute Gasteiger partial charge is 0.271 e. The topological polar surface area (TPSA) is 66.9 Å². The Morgan fingerprint density at radius 2 is 2.16 bits per heavy atom. The molecule has 2 rings (SSSR count). The predicted octanol–water partition coefficient (Wildman–Crippen LogP) is 2.10. The van der Waals surface area contributed by atoms with E-state index in [4.69, 9.17) is 11.6 Å². The second-order valence-corrected chi connectivity index (χ2v) is 4.29. The molecule has 0 aliphatic rings. The van der Waals surface area contributed by atoms with Crippen molar-refractivity contribution in [2.24, 2.45) is 0 Å². The second kappa shape index (κ2) is 6.15. The minimum Gasteiger partial charge on any atom is -0.372 e. The first-order valence-corrected chi connectivity index (χ1v) is 6.09. The molecule has 0 radical (unpaired) electrons. The quantitative estimate of drug-likeness (QED) is 0.897. The number of hydrogen-bond acceptors (Lipinski definition) is 4. The van der Waals surface area contributed by atoms with Crippen molar-refractivity contribution < 1.29 is 4.79 Å². The van der Waals surface area contributed by atoms with E-state index in [0.29, 0.717) is 17.4 Å². The molecule has 98 valence electrons. The van der Waals surface area contributed by atoms with Crippen LogP contribution in [0.5, 0.6) is 0 Å². The molecule has 0 fully saturated rings. The van der Waals surface area contributed by atoms with Crippen LogP contribution in [-0.2, 0) is 6.54 Å². The Hall–Kier alpha value is -2.14. The Kier molecular flexibility index (Phi) is 4.30. The van der Waals surface area contributed by atoms with E-state index in [1.807, 2.05) is 12.1 Å². The highest BCUT2D eigenvalue weighted by molar-refractivity contribution is 6.30. The van der Waals surface area contributed by atoms with Gasteiger partial charge in [-0.2, -0.15) is 0 Å². The Morgan fingerprint density at radius 3 is 2.79 bits per heavy atom. The van der Waals surface area contributed by atoms with Crippen molar-refractivity contribution in [2.45, 2.75) is 6.54 Å². The highest BCUT2D eigenvalue weighted by Crippen LogP contribution is 2.10. The summed E-state index contributed by atoms with van der Waals surface area (Å²) in [5.74, 6) is 0.349. The Labute approximate surface area is 116 Å². The van der Waals surface area contributed by atoms with E-state index >= 15 is 0 Å². The first kappa shape index (κ1) is 13.3. The summed E-state index contributed by atoms with van der Waals surface area (Å²) in [6, 6.07) is 7.32. The number of anilines is 1. The van der Waals surface area contributed by atoms with E-state index in [-0.39, 0.29) is 11.6 Å². The number of aromatic nitrogens is 2. The molecule has 0 aliphatic carbocycles. The van der Waals surface area contributed by atoms with E-state index < -0.39 is 0 Å². The van der Waals surface area contributed by atoms with Gasteiger partial charge in [0.1, 0.15) is 11.5 Å². The van der Waals surface area contributed by atoms with Gasteiger partial charge in [-0.05, 0) is 17.7 Å². The van der Waals surface area contributed by atoms with Gasteiger partial charge in [-0.3, -0.25) is 4.79 Å². The monoisotopic (exact) mass is 276 g/mol. The lowest BCUT2D eigenvalue weighted by molar-refractivity contribution is 0.0945. The fourth-order valence-electron chi connectivity index (χ4n) is 1.49. The van der Waals surface area contributed by atoms with Crippen LogP contribution in [-0.4, -0.2) is 22.9 Å². The third-order valence-corrected chi connectivity index (χ3v) is 2.72. The summed E-state index contributed by atoms with van der Waals surface area (Å²) in [5, 5.41) is 6.24. The molecular weight excluding hydrogens is 264 g/mol. The van der Waals surface area contributed by atoms with Crippen LogP contribution < -0.4 is 10.6 Å². The first-order valence-electron chi connectivity index (χ1n) is 5.71. The van der Waals surface area contributed by atoms with Gasteiger partial charge in [0.05, 0.1) is 12.4 Å². The molecule has 0 aliphatic heterocycles. The summed E-state index contributed by atoms with van der Waals surface area (Å²) in [6.07, 6.45) is 2.94. The molecule has 2 N–H and O–H groups in total. The van der Waals surface area contributed by atoms with E-state index in [1.165, 1.54) is 12.4 Å². The highest BCUT2D eigenvalue weighted by atomic mass is 35.5. The SMILES string of the molecule is CNc1cnc(C(=O)NCc2cccc(Cl)c2)cn1. The maximum Gasteiger partial charge on any atom is 0.271 e. The molecule has 0 saturated carbocycles. The van der Waals surface area contributed by atoms with Gasteiger partial charge in [0.25, 0.3) is 5.91 Å². The molecule has 1 aromatic heterocycles. The lowest BCUT2D eigenvalue weighted by atomic mass is 10.2. The number of halogens is 1. The summed E-state index contributed by atoms with van der Waals surface area (Å²) >= 11 is 5.87. The molecule has 2 aromatic rings. The Morgan fingerprint density at radius 1 is 1.32 bits per heavy atom. The van der Waals surface area contributed by atoms with Crippen molar-refractivity contribution in [3.63, 3.8) is 0 Å². The molecule has 1 amide bonds. The van der Waals surface area contributed by atoms with Crippen LogP contribution in [0.4, 0.5) is 5.82 Å². The van der Waals surface area contributed by atoms with Crippen LogP contribution in [0.15, 0.2) is 36.7 Å². The minimum atomic E-state index is -0.268. The number of nitrogens with one attached hydrogen (secondary N) is 2. The number of carbonyl (C=O) groups excluding carboxylic acids is 1. The van der Waals surface area contributed by atoms with Gasteiger partial charge in [0.15, 0.2) is 0 Å². The number of benzene rings is 1. The van der Waals surface area contributed by atoms with Crippen molar-refractivity contribution in [1.29, 1.82) is 0 Å². The molecule has 1 heterocycles. The lowest BCUT2D eigenvalue weighted by Gasteiger charge is -2.05. The van der Waals surface area contributed by atoms with E-state index in [1.54, 1.807) is 19.2 Å². The fraction of sp³-hybridized carbons (Fsp3) is 0.154. The van der Waals surface area contributed by atoms with Gasteiger partial charge >= 0.3 is 0 Å². The van der Waals surface area contributed by atoms with E-state index in [2.05, 4.69) is 20.6 Å². The van der Waals surface area contributed by atoms with Gasteiger partial charge < -0.3 is 10.6 Å². The average Bonchev–Trinajstić information content (AvgIpc) is 2.45. The zero-order valence-electron chi connectivity index (χ0n) is 10.4. The maximum atomic E-state index is 11.8. The van der Waals surface area contributed by atoms with Gasteiger partial charge in [-0.15, -0.1) is 0 Å². The van der Waals surface area contributed by atoms with Gasteiger partial charge in [-0.1, -0.05) is 23.7 Å². The molecule has 6 heteroatoms. The van der Waals surface area contributed by atoms with Crippen LogP contribution in [0.1, 0.15) is 16.1 Å². The zero-order valence-corrected chi connectivity index (χ0v) is 11.1. The van der Waals surface area contributed by atoms with Crippen LogP contribution in [0.25, 0.3) is 0 Å². The van der Waals surface area contributed by atoms with Gasteiger partial charge in [0.2, 0.25) is 0 Å².